The Morgan fingerprint density at radius 1 is 1.60 bits per heavy atom. The van der Waals surface area contributed by atoms with E-state index in [1.165, 1.54) is 7.11 Å². The molecule has 0 aromatic heterocycles. The number of benzene rings is 1. The van der Waals surface area contributed by atoms with Gasteiger partial charge in [0.05, 0.1) is 7.11 Å². The Balaban J connectivity index is 2.73. The predicted molar refractivity (Wildman–Crippen MR) is 62.6 cm³/mol. The Hall–Kier alpha value is -0.870. The van der Waals surface area contributed by atoms with E-state index in [4.69, 9.17) is 5.73 Å². The summed E-state index contributed by atoms with van der Waals surface area (Å²) in [4.78, 5) is 11.1. The molecule has 0 aliphatic carbocycles. The number of methoxy groups -OCH3 is 1. The van der Waals surface area contributed by atoms with Crippen LogP contribution < -0.4 is 5.73 Å². The van der Waals surface area contributed by atoms with Crippen LogP contribution >= 0.6 is 15.9 Å². The van der Waals surface area contributed by atoms with E-state index in [-0.39, 0.29) is 5.97 Å². The standard InChI is InChI=1S/C11H14BrNO2/c1-7-5-8(3-4-9(7)12)6-10(13)11(14)15-2/h3-5,10H,6,13H2,1-2H3. The Bertz CT molecular complexity index is 366. The molecule has 1 rings (SSSR count). The van der Waals surface area contributed by atoms with Gasteiger partial charge in [-0.15, -0.1) is 0 Å². The third-order valence-electron chi connectivity index (χ3n) is 2.18. The SMILES string of the molecule is COC(=O)C(N)Cc1ccc(Br)c(C)c1. The van der Waals surface area contributed by atoms with Gasteiger partial charge in [-0.25, -0.2) is 0 Å². The van der Waals surface area contributed by atoms with Crippen LogP contribution in [0.2, 0.25) is 0 Å². The summed E-state index contributed by atoms with van der Waals surface area (Å²) >= 11 is 3.42. The fourth-order valence-electron chi connectivity index (χ4n) is 1.32. The summed E-state index contributed by atoms with van der Waals surface area (Å²) in [6.45, 7) is 2.00. The molecule has 1 unspecified atom stereocenters. The molecule has 0 saturated carbocycles. The van der Waals surface area contributed by atoms with Crippen molar-refractivity contribution < 1.29 is 9.53 Å². The second-order valence-electron chi connectivity index (χ2n) is 3.42. The smallest absolute Gasteiger partial charge is 0.322 e. The summed E-state index contributed by atoms with van der Waals surface area (Å²) in [7, 11) is 1.34. The number of hydrogen-bond donors (Lipinski definition) is 1. The summed E-state index contributed by atoms with van der Waals surface area (Å²) in [5.74, 6) is -0.379. The van der Waals surface area contributed by atoms with Crippen LogP contribution in [0.3, 0.4) is 0 Å². The van der Waals surface area contributed by atoms with Crippen molar-refractivity contribution in [1.29, 1.82) is 0 Å². The van der Waals surface area contributed by atoms with Gasteiger partial charge in [-0.2, -0.15) is 0 Å². The molecule has 15 heavy (non-hydrogen) atoms. The molecule has 0 amide bonds. The minimum atomic E-state index is -0.587. The lowest BCUT2D eigenvalue weighted by Crippen LogP contribution is -2.33. The number of hydrogen-bond acceptors (Lipinski definition) is 3. The molecule has 0 radical (unpaired) electrons. The van der Waals surface area contributed by atoms with Gasteiger partial charge >= 0.3 is 5.97 Å². The van der Waals surface area contributed by atoms with Crippen molar-refractivity contribution in [3.8, 4) is 0 Å². The lowest BCUT2D eigenvalue weighted by atomic mass is 10.0. The summed E-state index contributed by atoms with van der Waals surface area (Å²) < 4.78 is 5.62. The minimum absolute atomic E-state index is 0.379. The molecular weight excluding hydrogens is 258 g/mol. The first-order chi connectivity index (χ1) is 7.04. The van der Waals surface area contributed by atoms with Crippen LogP contribution in [0, 0.1) is 6.92 Å². The van der Waals surface area contributed by atoms with E-state index in [9.17, 15) is 4.79 Å². The van der Waals surface area contributed by atoms with Crippen LogP contribution in [0.15, 0.2) is 22.7 Å². The molecule has 3 nitrogen and oxygen atoms in total. The number of nitrogens with two attached hydrogens (primary N) is 1. The van der Waals surface area contributed by atoms with Crippen LogP contribution in [0.25, 0.3) is 0 Å². The Morgan fingerprint density at radius 3 is 2.80 bits per heavy atom. The summed E-state index contributed by atoms with van der Waals surface area (Å²) in [5, 5.41) is 0. The van der Waals surface area contributed by atoms with Gasteiger partial charge in [0.1, 0.15) is 6.04 Å². The van der Waals surface area contributed by atoms with E-state index < -0.39 is 6.04 Å². The zero-order valence-corrected chi connectivity index (χ0v) is 10.4. The van der Waals surface area contributed by atoms with Gasteiger partial charge in [0.2, 0.25) is 0 Å². The average molecular weight is 272 g/mol. The third kappa shape index (κ3) is 3.32. The molecular formula is C11H14BrNO2. The van der Waals surface area contributed by atoms with Crippen molar-refractivity contribution in [2.45, 2.75) is 19.4 Å². The first-order valence-electron chi connectivity index (χ1n) is 4.63. The number of aryl methyl sites for hydroxylation is 1. The third-order valence-corrected chi connectivity index (χ3v) is 3.07. The summed E-state index contributed by atoms with van der Waals surface area (Å²) in [6, 6.07) is 5.32. The highest BCUT2D eigenvalue weighted by atomic mass is 79.9. The van der Waals surface area contributed by atoms with Crippen molar-refractivity contribution >= 4 is 21.9 Å². The van der Waals surface area contributed by atoms with E-state index in [2.05, 4.69) is 20.7 Å². The molecule has 0 saturated heterocycles. The Labute approximate surface area is 97.7 Å². The molecule has 1 atom stereocenters. The maximum absolute atomic E-state index is 11.1. The quantitative estimate of drug-likeness (QED) is 0.854. The fourth-order valence-corrected chi connectivity index (χ4v) is 1.57. The van der Waals surface area contributed by atoms with Gasteiger partial charge in [-0.1, -0.05) is 28.1 Å². The van der Waals surface area contributed by atoms with Crippen molar-refractivity contribution in [2.24, 2.45) is 5.73 Å². The molecule has 0 fully saturated rings. The molecule has 0 aliphatic heterocycles. The van der Waals surface area contributed by atoms with Crippen molar-refractivity contribution in [3.63, 3.8) is 0 Å². The number of carbonyl (C=O) groups is 1. The fraction of sp³-hybridized carbons (Fsp3) is 0.364. The average Bonchev–Trinajstić information content (AvgIpc) is 2.22. The van der Waals surface area contributed by atoms with Crippen LogP contribution in [0.5, 0.6) is 0 Å². The Morgan fingerprint density at radius 2 is 2.27 bits per heavy atom. The van der Waals surface area contributed by atoms with Gasteiger partial charge in [-0.05, 0) is 30.5 Å². The number of halogens is 1. The lowest BCUT2D eigenvalue weighted by Gasteiger charge is -2.10. The summed E-state index contributed by atoms with van der Waals surface area (Å²) in [5.41, 5.74) is 7.83. The highest BCUT2D eigenvalue weighted by Gasteiger charge is 2.14. The topological polar surface area (TPSA) is 52.3 Å². The van der Waals surface area contributed by atoms with E-state index in [0.29, 0.717) is 6.42 Å². The molecule has 0 heterocycles. The highest BCUT2D eigenvalue weighted by molar-refractivity contribution is 9.10. The van der Waals surface area contributed by atoms with Crippen molar-refractivity contribution in [3.05, 3.63) is 33.8 Å². The second kappa shape index (κ2) is 5.28. The number of carbonyl (C=O) groups excluding carboxylic acids is 1. The maximum Gasteiger partial charge on any atom is 0.322 e. The van der Waals surface area contributed by atoms with Gasteiger partial charge in [0.25, 0.3) is 0 Å². The van der Waals surface area contributed by atoms with Gasteiger partial charge in [-0.3, -0.25) is 4.79 Å². The van der Waals surface area contributed by atoms with Crippen LogP contribution in [0.4, 0.5) is 0 Å². The monoisotopic (exact) mass is 271 g/mol. The maximum atomic E-state index is 11.1. The normalized spacial score (nSPS) is 12.3. The molecule has 82 valence electrons. The zero-order valence-electron chi connectivity index (χ0n) is 8.79. The number of ether oxygens (including phenoxy) is 1. The van der Waals surface area contributed by atoms with Crippen LogP contribution in [-0.2, 0) is 16.0 Å². The summed E-state index contributed by atoms with van der Waals surface area (Å²) in [6.07, 6.45) is 0.501. The van der Waals surface area contributed by atoms with E-state index >= 15 is 0 Å². The first kappa shape index (κ1) is 12.2. The van der Waals surface area contributed by atoms with Crippen LogP contribution in [0.1, 0.15) is 11.1 Å². The van der Waals surface area contributed by atoms with E-state index in [1.807, 2.05) is 25.1 Å². The largest absolute Gasteiger partial charge is 0.468 e. The second-order valence-corrected chi connectivity index (χ2v) is 4.27. The van der Waals surface area contributed by atoms with Crippen molar-refractivity contribution in [1.82, 2.24) is 0 Å². The van der Waals surface area contributed by atoms with E-state index in [0.717, 1.165) is 15.6 Å². The predicted octanol–water partition coefficient (Wildman–Crippen LogP) is 1.80. The minimum Gasteiger partial charge on any atom is -0.468 e. The molecule has 1 aromatic carbocycles. The highest BCUT2D eigenvalue weighted by Crippen LogP contribution is 2.17. The first-order valence-corrected chi connectivity index (χ1v) is 5.42. The van der Waals surface area contributed by atoms with Gasteiger partial charge < -0.3 is 10.5 Å². The lowest BCUT2D eigenvalue weighted by molar-refractivity contribution is -0.142. The molecule has 0 spiro atoms. The van der Waals surface area contributed by atoms with E-state index in [1.54, 1.807) is 0 Å². The molecule has 2 N–H and O–H groups in total. The van der Waals surface area contributed by atoms with Crippen LogP contribution in [-0.4, -0.2) is 19.1 Å². The molecule has 0 aliphatic rings. The van der Waals surface area contributed by atoms with Crippen molar-refractivity contribution in [2.75, 3.05) is 7.11 Å². The Kier molecular flexibility index (Phi) is 4.29. The van der Waals surface area contributed by atoms with Gasteiger partial charge in [0.15, 0.2) is 0 Å². The molecule has 1 aromatic rings. The number of rotatable bonds is 3. The van der Waals surface area contributed by atoms with Gasteiger partial charge in [0, 0.05) is 4.47 Å². The zero-order chi connectivity index (χ0) is 11.4. The molecule has 0 bridgehead atoms. The molecule has 4 heteroatoms. The number of esters is 1.